The zero-order valence-corrected chi connectivity index (χ0v) is 13.1. The van der Waals surface area contributed by atoms with Gasteiger partial charge in [0.2, 0.25) is 5.24 Å². The first-order valence-electron chi connectivity index (χ1n) is 7.05. The molecule has 0 aliphatic rings. The van der Waals surface area contributed by atoms with Gasteiger partial charge in [-0.1, -0.05) is 49.4 Å². The number of carbonyl (C=O) groups is 1. The predicted molar refractivity (Wildman–Crippen MR) is 86.1 cm³/mol. The van der Waals surface area contributed by atoms with Gasteiger partial charge in [-0.2, -0.15) is 0 Å². The first-order chi connectivity index (χ1) is 10.2. The fraction of sp³-hybridized carbons (Fsp3) is 0.278. The third kappa shape index (κ3) is 3.85. The highest BCUT2D eigenvalue weighted by molar-refractivity contribution is 6.64. The van der Waals surface area contributed by atoms with Crippen molar-refractivity contribution in [3.05, 3.63) is 65.2 Å². The molecule has 0 aliphatic carbocycles. The first kappa shape index (κ1) is 15.6. The molecule has 0 spiro atoms. The van der Waals surface area contributed by atoms with E-state index >= 15 is 0 Å². The summed E-state index contributed by atoms with van der Waals surface area (Å²) in [6.07, 6.45) is 1.58. The average molecular weight is 303 g/mol. The molecule has 21 heavy (non-hydrogen) atoms. The van der Waals surface area contributed by atoms with Gasteiger partial charge in [0.25, 0.3) is 0 Å². The highest BCUT2D eigenvalue weighted by atomic mass is 35.5. The summed E-state index contributed by atoms with van der Waals surface area (Å²) in [6.45, 7) is 2.12. The second-order valence-corrected chi connectivity index (χ2v) is 5.35. The Morgan fingerprint density at radius 3 is 2.29 bits per heavy atom. The zero-order valence-electron chi connectivity index (χ0n) is 12.3. The van der Waals surface area contributed by atoms with E-state index in [9.17, 15) is 4.79 Å². The Kier molecular flexibility index (Phi) is 5.40. The van der Waals surface area contributed by atoms with Gasteiger partial charge in [0.1, 0.15) is 5.75 Å². The van der Waals surface area contributed by atoms with Crippen molar-refractivity contribution < 1.29 is 9.53 Å². The third-order valence-corrected chi connectivity index (χ3v) is 3.92. The molecule has 2 rings (SSSR count). The van der Waals surface area contributed by atoms with Gasteiger partial charge in [-0.3, -0.25) is 4.79 Å². The van der Waals surface area contributed by atoms with Gasteiger partial charge in [-0.25, -0.2) is 0 Å². The Balaban J connectivity index is 2.28. The number of ether oxygens (including phenoxy) is 1. The summed E-state index contributed by atoms with van der Waals surface area (Å²) in [5.74, 6) is 0.303. The van der Waals surface area contributed by atoms with Gasteiger partial charge in [0, 0.05) is 5.56 Å². The van der Waals surface area contributed by atoms with E-state index in [0.717, 1.165) is 17.5 Å². The van der Waals surface area contributed by atoms with Crippen LogP contribution in [0, 0.1) is 0 Å². The Bertz CT molecular complexity index is 605. The predicted octanol–water partition coefficient (Wildman–Crippen LogP) is 4.35. The number of hydrogen-bond donors (Lipinski definition) is 0. The zero-order chi connectivity index (χ0) is 15.2. The van der Waals surface area contributed by atoms with Crippen LogP contribution in [0.3, 0.4) is 0 Å². The Hall–Kier alpha value is -1.80. The molecule has 0 saturated heterocycles. The molecule has 1 unspecified atom stereocenters. The number of halogens is 1. The highest BCUT2D eigenvalue weighted by Gasteiger charge is 2.22. The fourth-order valence-corrected chi connectivity index (χ4v) is 2.61. The molecule has 0 heterocycles. The molecule has 1 atom stereocenters. The molecule has 2 aromatic carbocycles. The standard InChI is InChI=1S/C18H19ClO2/c1-3-13-8-10-14(11-9-13)12-16(18(19)20)15-6-4-5-7-17(15)21-2/h4-11,16H,3,12H2,1-2H3. The van der Waals surface area contributed by atoms with Crippen molar-refractivity contribution in [3.63, 3.8) is 0 Å². The molecular formula is C18H19ClO2. The van der Waals surface area contributed by atoms with Crippen molar-refractivity contribution in [3.8, 4) is 5.75 Å². The third-order valence-electron chi connectivity index (χ3n) is 3.66. The van der Waals surface area contributed by atoms with Crippen molar-refractivity contribution in [2.45, 2.75) is 25.7 Å². The van der Waals surface area contributed by atoms with E-state index in [1.165, 1.54) is 5.56 Å². The number of para-hydroxylation sites is 1. The van der Waals surface area contributed by atoms with E-state index in [4.69, 9.17) is 16.3 Å². The normalized spacial score (nSPS) is 12.0. The average Bonchev–Trinajstić information content (AvgIpc) is 2.53. The summed E-state index contributed by atoms with van der Waals surface area (Å²) >= 11 is 5.82. The summed E-state index contributed by atoms with van der Waals surface area (Å²) in [4.78, 5) is 11.8. The van der Waals surface area contributed by atoms with Crippen molar-refractivity contribution in [2.24, 2.45) is 0 Å². The van der Waals surface area contributed by atoms with Crippen LogP contribution >= 0.6 is 11.6 Å². The number of hydrogen-bond acceptors (Lipinski definition) is 2. The molecular weight excluding hydrogens is 284 g/mol. The lowest BCUT2D eigenvalue weighted by molar-refractivity contribution is -0.113. The van der Waals surface area contributed by atoms with Crippen LogP contribution in [0.1, 0.15) is 29.5 Å². The summed E-state index contributed by atoms with van der Waals surface area (Å²) in [5.41, 5.74) is 3.21. The molecule has 3 heteroatoms. The van der Waals surface area contributed by atoms with Gasteiger partial charge in [0.05, 0.1) is 13.0 Å². The number of methoxy groups -OCH3 is 1. The van der Waals surface area contributed by atoms with Crippen LogP contribution in [0.25, 0.3) is 0 Å². The van der Waals surface area contributed by atoms with E-state index < -0.39 is 5.92 Å². The van der Waals surface area contributed by atoms with E-state index in [2.05, 4.69) is 31.2 Å². The van der Waals surface area contributed by atoms with Gasteiger partial charge in [-0.15, -0.1) is 0 Å². The van der Waals surface area contributed by atoms with Crippen LogP contribution in [-0.2, 0) is 17.6 Å². The minimum atomic E-state index is -0.393. The lowest BCUT2D eigenvalue weighted by atomic mass is 9.92. The second kappa shape index (κ2) is 7.28. The maximum Gasteiger partial charge on any atom is 0.229 e. The van der Waals surface area contributed by atoms with Crippen molar-refractivity contribution >= 4 is 16.8 Å². The number of aryl methyl sites for hydroxylation is 1. The van der Waals surface area contributed by atoms with Crippen LogP contribution in [0.15, 0.2) is 48.5 Å². The molecule has 0 radical (unpaired) electrons. The summed E-state index contributed by atoms with van der Waals surface area (Å²) in [7, 11) is 1.60. The molecule has 0 aliphatic heterocycles. The van der Waals surface area contributed by atoms with Gasteiger partial charge in [0.15, 0.2) is 0 Å². The van der Waals surface area contributed by atoms with Crippen molar-refractivity contribution in [2.75, 3.05) is 7.11 Å². The molecule has 2 aromatic rings. The Morgan fingerprint density at radius 2 is 1.71 bits per heavy atom. The smallest absolute Gasteiger partial charge is 0.229 e. The number of carbonyl (C=O) groups excluding carboxylic acids is 1. The highest BCUT2D eigenvalue weighted by Crippen LogP contribution is 2.31. The molecule has 0 fully saturated rings. The molecule has 2 nitrogen and oxygen atoms in total. The summed E-state index contributed by atoms with van der Waals surface area (Å²) < 4.78 is 5.34. The minimum absolute atomic E-state index is 0.362. The summed E-state index contributed by atoms with van der Waals surface area (Å²) in [6, 6.07) is 15.8. The topological polar surface area (TPSA) is 26.3 Å². The molecule has 0 bridgehead atoms. The van der Waals surface area contributed by atoms with Crippen molar-refractivity contribution in [1.29, 1.82) is 0 Å². The van der Waals surface area contributed by atoms with Crippen LogP contribution in [0.5, 0.6) is 5.75 Å². The van der Waals surface area contributed by atoms with Crippen molar-refractivity contribution in [1.82, 2.24) is 0 Å². The van der Waals surface area contributed by atoms with Gasteiger partial charge < -0.3 is 4.74 Å². The van der Waals surface area contributed by atoms with Gasteiger partial charge >= 0.3 is 0 Å². The van der Waals surface area contributed by atoms with E-state index in [1.807, 2.05) is 24.3 Å². The molecule has 0 amide bonds. The molecule has 110 valence electrons. The quantitative estimate of drug-likeness (QED) is 0.742. The maximum absolute atomic E-state index is 11.8. The lowest BCUT2D eigenvalue weighted by Crippen LogP contribution is -2.11. The van der Waals surface area contributed by atoms with Gasteiger partial charge in [-0.05, 0) is 41.6 Å². The molecule has 0 saturated carbocycles. The SMILES string of the molecule is CCc1ccc(CC(C(=O)Cl)c2ccccc2OC)cc1. The first-order valence-corrected chi connectivity index (χ1v) is 7.43. The van der Waals surface area contributed by atoms with E-state index in [1.54, 1.807) is 7.11 Å². The minimum Gasteiger partial charge on any atom is -0.496 e. The molecule has 0 aromatic heterocycles. The maximum atomic E-state index is 11.8. The second-order valence-electron chi connectivity index (χ2n) is 4.97. The lowest BCUT2D eigenvalue weighted by Gasteiger charge is -2.16. The number of rotatable bonds is 6. The van der Waals surface area contributed by atoms with Crippen LogP contribution in [0.2, 0.25) is 0 Å². The van der Waals surface area contributed by atoms with Crippen LogP contribution in [-0.4, -0.2) is 12.4 Å². The molecule has 0 N–H and O–H groups in total. The largest absolute Gasteiger partial charge is 0.496 e. The monoisotopic (exact) mass is 302 g/mol. The van der Waals surface area contributed by atoms with Crippen LogP contribution in [0.4, 0.5) is 0 Å². The van der Waals surface area contributed by atoms with E-state index in [0.29, 0.717) is 12.2 Å². The Morgan fingerprint density at radius 1 is 1.10 bits per heavy atom. The fourth-order valence-electron chi connectivity index (χ4n) is 2.41. The van der Waals surface area contributed by atoms with E-state index in [-0.39, 0.29) is 5.24 Å². The summed E-state index contributed by atoms with van der Waals surface area (Å²) in [5, 5.41) is -0.362. The Labute approximate surface area is 130 Å². The number of benzene rings is 2. The van der Waals surface area contributed by atoms with Crippen LogP contribution < -0.4 is 4.74 Å².